The Kier molecular flexibility index (Phi) is 6.30. The number of furan rings is 1. The molecule has 0 bridgehead atoms. The fourth-order valence-electron chi connectivity index (χ4n) is 3.15. The summed E-state index contributed by atoms with van der Waals surface area (Å²) in [4.78, 5) is 24.4. The van der Waals surface area contributed by atoms with Crippen LogP contribution in [-0.4, -0.2) is 18.4 Å². The summed E-state index contributed by atoms with van der Waals surface area (Å²) in [5.41, 5.74) is 2.79. The number of carbonyl (C=O) groups excluding carboxylic acids is 2. The Bertz CT molecular complexity index is 1180. The molecule has 2 N–H and O–H groups in total. The molecule has 2 heterocycles. The molecule has 0 atom stereocenters. The lowest BCUT2D eigenvalue weighted by atomic mass is 10.1. The molecule has 0 unspecified atom stereocenters. The SMILES string of the molecule is O=C(Cc1ccc(NC(=O)c2ccc(Br)o2)cc1)NCCc1csc2ccccc12. The molecule has 0 spiro atoms. The number of nitrogens with one attached hydrogen (secondary N) is 2. The van der Waals surface area contributed by atoms with Crippen LogP contribution in [0, 0.1) is 0 Å². The monoisotopic (exact) mass is 482 g/mol. The number of rotatable bonds is 7. The molecule has 5 nitrogen and oxygen atoms in total. The highest BCUT2D eigenvalue weighted by molar-refractivity contribution is 9.10. The highest BCUT2D eigenvalue weighted by Crippen LogP contribution is 2.25. The maximum absolute atomic E-state index is 12.3. The first-order chi connectivity index (χ1) is 14.6. The Labute approximate surface area is 186 Å². The van der Waals surface area contributed by atoms with Crippen LogP contribution in [0.25, 0.3) is 10.1 Å². The van der Waals surface area contributed by atoms with E-state index in [1.807, 2.05) is 24.3 Å². The summed E-state index contributed by atoms with van der Waals surface area (Å²) >= 11 is 4.90. The lowest BCUT2D eigenvalue weighted by molar-refractivity contribution is -0.120. The molecule has 0 fully saturated rings. The molecular formula is C23H19BrN2O3S. The van der Waals surface area contributed by atoms with Crippen molar-refractivity contribution in [1.82, 2.24) is 5.32 Å². The van der Waals surface area contributed by atoms with E-state index in [1.54, 1.807) is 35.6 Å². The largest absolute Gasteiger partial charge is 0.444 e. The molecule has 0 aliphatic heterocycles. The second-order valence-electron chi connectivity index (χ2n) is 6.79. The minimum atomic E-state index is -0.327. The van der Waals surface area contributed by atoms with Gasteiger partial charge in [0.05, 0.1) is 6.42 Å². The number of carbonyl (C=O) groups is 2. The zero-order valence-electron chi connectivity index (χ0n) is 16.0. The summed E-state index contributed by atoms with van der Waals surface area (Å²) in [5.74, 6) is -0.123. The smallest absolute Gasteiger partial charge is 0.291 e. The summed E-state index contributed by atoms with van der Waals surface area (Å²) < 4.78 is 7.00. The molecule has 4 aromatic rings. The number of benzene rings is 2. The van der Waals surface area contributed by atoms with Crippen molar-refractivity contribution < 1.29 is 14.0 Å². The molecular weight excluding hydrogens is 464 g/mol. The summed E-state index contributed by atoms with van der Waals surface area (Å²) in [6, 6.07) is 18.8. The lowest BCUT2D eigenvalue weighted by Crippen LogP contribution is -2.27. The highest BCUT2D eigenvalue weighted by Gasteiger charge is 2.11. The third-order valence-electron chi connectivity index (χ3n) is 4.65. The fraction of sp³-hybridized carbons (Fsp3) is 0.130. The fourth-order valence-corrected chi connectivity index (χ4v) is 4.45. The van der Waals surface area contributed by atoms with Crippen molar-refractivity contribution in [3.05, 3.63) is 87.6 Å². The van der Waals surface area contributed by atoms with Gasteiger partial charge in [-0.25, -0.2) is 0 Å². The van der Waals surface area contributed by atoms with Crippen LogP contribution in [-0.2, 0) is 17.6 Å². The van der Waals surface area contributed by atoms with Crippen LogP contribution < -0.4 is 10.6 Å². The maximum atomic E-state index is 12.3. The minimum absolute atomic E-state index is 0.0215. The van der Waals surface area contributed by atoms with Gasteiger partial charge < -0.3 is 15.1 Å². The molecule has 4 rings (SSSR count). The van der Waals surface area contributed by atoms with Gasteiger partial charge in [-0.2, -0.15) is 0 Å². The number of hydrogen-bond acceptors (Lipinski definition) is 4. The van der Waals surface area contributed by atoms with Crippen LogP contribution in [0.2, 0.25) is 0 Å². The second-order valence-corrected chi connectivity index (χ2v) is 8.48. The van der Waals surface area contributed by atoms with E-state index in [1.165, 1.54) is 15.6 Å². The molecule has 0 radical (unpaired) electrons. The summed E-state index contributed by atoms with van der Waals surface area (Å²) in [5, 5.41) is 9.17. The first-order valence-electron chi connectivity index (χ1n) is 9.46. The Morgan fingerprint density at radius 2 is 1.80 bits per heavy atom. The van der Waals surface area contributed by atoms with Crippen LogP contribution in [0.1, 0.15) is 21.7 Å². The van der Waals surface area contributed by atoms with E-state index in [2.05, 4.69) is 44.1 Å². The lowest BCUT2D eigenvalue weighted by Gasteiger charge is -2.07. The van der Waals surface area contributed by atoms with Gasteiger partial charge in [-0.15, -0.1) is 11.3 Å². The average Bonchev–Trinajstić information content (AvgIpc) is 3.36. The van der Waals surface area contributed by atoms with E-state index in [0.717, 1.165) is 12.0 Å². The van der Waals surface area contributed by atoms with Gasteiger partial charge in [0.1, 0.15) is 0 Å². The second kappa shape index (κ2) is 9.28. The van der Waals surface area contributed by atoms with Gasteiger partial charge in [0.2, 0.25) is 5.91 Å². The van der Waals surface area contributed by atoms with Gasteiger partial charge >= 0.3 is 0 Å². The van der Waals surface area contributed by atoms with Gasteiger partial charge in [0.25, 0.3) is 5.91 Å². The molecule has 0 saturated heterocycles. The maximum Gasteiger partial charge on any atom is 0.291 e. The summed E-state index contributed by atoms with van der Waals surface area (Å²) in [6.45, 7) is 0.604. The van der Waals surface area contributed by atoms with Crippen molar-refractivity contribution in [1.29, 1.82) is 0 Å². The van der Waals surface area contributed by atoms with Crippen LogP contribution in [0.4, 0.5) is 5.69 Å². The molecule has 0 aliphatic carbocycles. The summed E-state index contributed by atoms with van der Waals surface area (Å²) in [6.07, 6.45) is 1.10. The van der Waals surface area contributed by atoms with E-state index >= 15 is 0 Å². The van der Waals surface area contributed by atoms with Crippen LogP contribution in [0.15, 0.2) is 75.1 Å². The van der Waals surface area contributed by atoms with Crippen LogP contribution in [0.3, 0.4) is 0 Å². The summed E-state index contributed by atoms with van der Waals surface area (Å²) in [7, 11) is 0. The third kappa shape index (κ3) is 4.98. The number of halogens is 1. The molecule has 152 valence electrons. The molecule has 2 amide bonds. The first kappa shape index (κ1) is 20.4. The van der Waals surface area contributed by atoms with Gasteiger partial charge in [0, 0.05) is 16.9 Å². The molecule has 2 aromatic carbocycles. The van der Waals surface area contributed by atoms with Crippen molar-refractivity contribution >= 4 is 54.9 Å². The molecule has 30 heavy (non-hydrogen) atoms. The van der Waals surface area contributed by atoms with Crippen molar-refractivity contribution in [2.45, 2.75) is 12.8 Å². The Balaban J connectivity index is 1.25. The van der Waals surface area contributed by atoms with Crippen molar-refractivity contribution in [2.24, 2.45) is 0 Å². The van der Waals surface area contributed by atoms with Gasteiger partial charge in [-0.1, -0.05) is 30.3 Å². The van der Waals surface area contributed by atoms with Gasteiger partial charge in [0.15, 0.2) is 10.4 Å². The number of thiophene rings is 1. The van der Waals surface area contributed by atoms with Crippen LogP contribution in [0.5, 0.6) is 0 Å². The standard InChI is InChI=1S/C23H19BrN2O3S/c24-21-10-9-19(29-21)23(28)26-17-7-5-15(6-8-17)13-22(27)25-12-11-16-14-30-20-4-2-1-3-18(16)20/h1-10,14H,11-13H2,(H,25,27)(H,26,28). The normalized spacial score (nSPS) is 10.8. The Morgan fingerprint density at radius 1 is 1.00 bits per heavy atom. The number of amides is 2. The zero-order chi connectivity index (χ0) is 20.9. The average molecular weight is 483 g/mol. The number of fused-ring (bicyclic) bond motifs is 1. The highest BCUT2D eigenvalue weighted by atomic mass is 79.9. The Hall–Kier alpha value is -2.90. The van der Waals surface area contributed by atoms with E-state index in [9.17, 15) is 9.59 Å². The molecule has 0 saturated carbocycles. The predicted molar refractivity (Wildman–Crippen MR) is 123 cm³/mol. The quantitative estimate of drug-likeness (QED) is 0.369. The van der Waals surface area contributed by atoms with Crippen molar-refractivity contribution in [2.75, 3.05) is 11.9 Å². The zero-order valence-corrected chi connectivity index (χ0v) is 18.4. The predicted octanol–water partition coefficient (Wildman–Crippen LogP) is 5.41. The van der Waals surface area contributed by atoms with Gasteiger partial charge in [-0.3, -0.25) is 9.59 Å². The number of hydrogen-bond donors (Lipinski definition) is 2. The number of anilines is 1. The molecule has 7 heteroatoms. The third-order valence-corrected chi connectivity index (χ3v) is 6.09. The topological polar surface area (TPSA) is 71.3 Å². The van der Waals surface area contributed by atoms with E-state index in [0.29, 0.717) is 23.3 Å². The van der Waals surface area contributed by atoms with Crippen LogP contribution >= 0.6 is 27.3 Å². The first-order valence-corrected chi connectivity index (χ1v) is 11.1. The molecule has 2 aromatic heterocycles. The molecule has 0 aliphatic rings. The van der Waals surface area contributed by atoms with Crippen molar-refractivity contribution in [3.63, 3.8) is 0 Å². The van der Waals surface area contributed by atoms with Gasteiger partial charge in [-0.05, 0) is 74.6 Å². The van der Waals surface area contributed by atoms with E-state index in [4.69, 9.17) is 4.42 Å². The Morgan fingerprint density at radius 3 is 2.57 bits per heavy atom. The minimum Gasteiger partial charge on any atom is -0.444 e. The van der Waals surface area contributed by atoms with E-state index < -0.39 is 0 Å². The van der Waals surface area contributed by atoms with E-state index in [-0.39, 0.29) is 17.6 Å². The van der Waals surface area contributed by atoms with Crippen molar-refractivity contribution in [3.8, 4) is 0 Å².